The molecule has 0 spiro atoms. The first-order valence-corrected chi connectivity index (χ1v) is 10.8. The van der Waals surface area contributed by atoms with E-state index in [1.165, 1.54) is 119 Å². The minimum Gasteiger partial charge on any atom is -0.269 e. The Kier molecular flexibility index (Phi) is 24.0. The summed E-state index contributed by atoms with van der Waals surface area (Å²) in [7, 11) is 1.41. The molecule has 0 aromatic rings. The molecule has 0 amide bonds. The summed E-state index contributed by atoms with van der Waals surface area (Å²) < 4.78 is 0. The van der Waals surface area contributed by atoms with Gasteiger partial charge in [-0.05, 0) is 0 Å². The second kappa shape index (κ2) is 21.4. The van der Waals surface area contributed by atoms with Crippen molar-refractivity contribution in [2.75, 3.05) is 0 Å². The molecule has 0 fully saturated rings. The lowest BCUT2D eigenvalue weighted by molar-refractivity contribution is 0.531. The summed E-state index contributed by atoms with van der Waals surface area (Å²) in [5.41, 5.74) is 0. The standard InChI is InChI=1S/C18H40Si.FH/c1-2-3-4-5-6-7-8-9-10-11-12-13-14-15-16-17-18-19;/h2-18H2,1,19H3;1H. The lowest BCUT2D eigenvalue weighted by Gasteiger charge is -2.03. The normalized spacial score (nSPS) is 10.7. The third kappa shape index (κ3) is 20.5. The highest BCUT2D eigenvalue weighted by molar-refractivity contribution is 6.08. The van der Waals surface area contributed by atoms with Crippen LogP contribution in [0.25, 0.3) is 0 Å². The van der Waals surface area contributed by atoms with Crippen molar-refractivity contribution in [2.24, 2.45) is 0 Å². The van der Waals surface area contributed by atoms with Crippen molar-refractivity contribution in [1.82, 2.24) is 0 Å². The van der Waals surface area contributed by atoms with Gasteiger partial charge in [0.1, 0.15) is 0 Å². The van der Waals surface area contributed by atoms with Crippen LogP contribution in [0.1, 0.15) is 110 Å². The molecular weight excluding hydrogens is 263 g/mol. The Bertz CT molecular complexity index is 134. The molecule has 0 saturated carbocycles. The predicted octanol–water partition coefficient (Wildman–Crippen LogP) is 6.18. The topological polar surface area (TPSA) is 0 Å². The summed E-state index contributed by atoms with van der Waals surface area (Å²) in [5.74, 6) is 0. The molecule has 0 N–H and O–H groups in total. The highest BCUT2D eigenvalue weighted by Crippen LogP contribution is 2.13. The van der Waals surface area contributed by atoms with E-state index in [-0.39, 0.29) is 4.70 Å². The summed E-state index contributed by atoms with van der Waals surface area (Å²) in [6.45, 7) is 2.30. The zero-order valence-corrected chi connectivity index (χ0v) is 16.4. The SMILES string of the molecule is CCCCCCCCCCCCCCCCCC[SiH3].F. The quantitative estimate of drug-likeness (QED) is 0.236. The monoisotopic (exact) mass is 304 g/mol. The van der Waals surface area contributed by atoms with Gasteiger partial charge in [0.2, 0.25) is 0 Å². The molecule has 0 heterocycles. The molecule has 0 rings (SSSR count). The Morgan fingerprint density at radius 1 is 0.450 bits per heavy atom. The smallest absolute Gasteiger partial charge is 0.00279 e. The number of unbranched alkanes of at least 4 members (excludes halogenated alkanes) is 15. The molecular formula is C18H41FSi. The van der Waals surface area contributed by atoms with Crippen LogP contribution >= 0.6 is 0 Å². The van der Waals surface area contributed by atoms with Crippen LogP contribution in [-0.4, -0.2) is 10.2 Å². The molecule has 0 unspecified atom stereocenters. The summed E-state index contributed by atoms with van der Waals surface area (Å²) >= 11 is 0. The van der Waals surface area contributed by atoms with Crippen LogP contribution in [0.3, 0.4) is 0 Å². The second-order valence-electron chi connectivity index (χ2n) is 6.30. The maximum Gasteiger partial charge on any atom is 0.00279 e. The summed E-state index contributed by atoms with van der Waals surface area (Å²) in [4.78, 5) is 0. The van der Waals surface area contributed by atoms with E-state index in [1.54, 1.807) is 0 Å². The van der Waals surface area contributed by atoms with Crippen molar-refractivity contribution in [3.05, 3.63) is 0 Å². The van der Waals surface area contributed by atoms with Gasteiger partial charge in [0.25, 0.3) is 0 Å². The molecule has 0 aromatic carbocycles. The van der Waals surface area contributed by atoms with Crippen LogP contribution in [0, 0.1) is 0 Å². The number of hydrogen-bond donors (Lipinski definition) is 0. The maximum atomic E-state index is 2.30. The van der Waals surface area contributed by atoms with E-state index in [9.17, 15) is 0 Å². The maximum absolute atomic E-state index is 2.30. The van der Waals surface area contributed by atoms with Crippen molar-refractivity contribution in [2.45, 2.75) is 116 Å². The van der Waals surface area contributed by atoms with E-state index in [4.69, 9.17) is 0 Å². The first kappa shape index (κ1) is 22.4. The summed E-state index contributed by atoms with van der Waals surface area (Å²) in [6.07, 6.45) is 23.7. The van der Waals surface area contributed by atoms with Gasteiger partial charge in [0, 0.05) is 10.2 Å². The number of halogens is 1. The van der Waals surface area contributed by atoms with Gasteiger partial charge >= 0.3 is 0 Å². The summed E-state index contributed by atoms with van der Waals surface area (Å²) in [6, 6.07) is 1.51. The van der Waals surface area contributed by atoms with Crippen molar-refractivity contribution in [3.63, 3.8) is 0 Å². The zero-order valence-electron chi connectivity index (χ0n) is 14.4. The third-order valence-corrected chi connectivity index (χ3v) is 4.91. The summed E-state index contributed by atoms with van der Waals surface area (Å²) in [5, 5.41) is 0. The van der Waals surface area contributed by atoms with E-state index in [0.717, 1.165) is 0 Å². The van der Waals surface area contributed by atoms with Crippen molar-refractivity contribution in [3.8, 4) is 0 Å². The molecule has 2 heteroatoms. The fraction of sp³-hybridized carbons (Fsp3) is 1.00. The van der Waals surface area contributed by atoms with Gasteiger partial charge in [0.15, 0.2) is 0 Å². The van der Waals surface area contributed by atoms with Crippen LogP contribution in [0.4, 0.5) is 4.70 Å². The zero-order chi connectivity index (χ0) is 14.0. The minimum absolute atomic E-state index is 0. The van der Waals surface area contributed by atoms with Gasteiger partial charge < -0.3 is 0 Å². The number of hydrogen-bond acceptors (Lipinski definition) is 0. The average Bonchev–Trinajstić information content (AvgIpc) is 2.43. The first-order valence-electron chi connectivity index (χ1n) is 9.41. The van der Waals surface area contributed by atoms with Crippen molar-refractivity contribution < 1.29 is 4.70 Å². The lowest BCUT2D eigenvalue weighted by atomic mass is 10.0. The highest BCUT2D eigenvalue weighted by atomic mass is 28.1. The molecule has 124 valence electrons. The molecule has 0 atom stereocenters. The Morgan fingerprint density at radius 2 is 0.700 bits per heavy atom. The van der Waals surface area contributed by atoms with E-state index in [0.29, 0.717) is 0 Å². The van der Waals surface area contributed by atoms with Gasteiger partial charge in [-0.2, -0.15) is 0 Å². The van der Waals surface area contributed by atoms with E-state index in [1.807, 2.05) is 0 Å². The molecule has 0 bridgehead atoms. The van der Waals surface area contributed by atoms with Crippen LogP contribution < -0.4 is 0 Å². The Labute approximate surface area is 131 Å². The van der Waals surface area contributed by atoms with Gasteiger partial charge in [-0.15, -0.1) is 0 Å². The second-order valence-corrected chi connectivity index (χ2v) is 7.30. The van der Waals surface area contributed by atoms with Crippen LogP contribution in [-0.2, 0) is 0 Å². The van der Waals surface area contributed by atoms with Gasteiger partial charge in [0.05, 0.1) is 0 Å². The molecule has 0 aliphatic heterocycles. The molecule has 20 heavy (non-hydrogen) atoms. The average molecular weight is 305 g/mol. The van der Waals surface area contributed by atoms with E-state index in [2.05, 4.69) is 6.92 Å². The Morgan fingerprint density at radius 3 is 0.950 bits per heavy atom. The third-order valence-electron chi connectivity index (χ3n) is 4.21. The molecule has 0 aliphatic rings. The van der Waals surface area contributed by atoms with E-state index >= 15 is 0 Å². The fourth-order valence-electron chi connectivity index (χ4n) is 2.80. The van der Waals surface area contributed by atoms with Gasteiger partial charge in [-0.25, -0.2) is 0 Å². The lowest BCUT2D eigenvalue weighted by Crippen LogP contribution is -1.83. The van der Waals surface area contributed by atoms with Crippen LogP contribution in [0.15, 0.2) is 0 Å². The molecule has 0 radical (unpaired) electrons. The fourth-order valence-corrected chi connectivity index (χ4v) is 3.30. The minimum atomic E-state index is 0. The van der Waals surface area contributed by atoms with Gasteiger partial charge in [-0.1, -0.05) is 116 Å². The Hall–Kier alpha value is 0.147. The molecule has 0 saturated heterocycles. The van der Waals surface area contributed by atoms with Crippen molar-refractivity contribution in [1.29, 1.82) is 0 Å². The van der Waals surface area contributed by atoms with Crippen LogP contribution in [0.5, 0.6) is 0 Å². The predicted molar refractivity (Wildman–Crippen MR) is 96.8 cm³/mol. The largest absolute Gasteiger partial charge is 0.269 e. The van der Waals surface area contributed by atoms with Gasteiger partial charge in [-0.3, -0.25) is 4.70 Å². The van der Waals surface area contributed by atoms with Crippen LogP contribution in [0.2, 0.25) is 6.04 Å². The molecule has 0 nitrogen and oxygen atoms in total. The molecule has 0 aliphatic carbocycles. The first-order chi connectivity index (χ1) is 9.41. The highest BCUT2D eigenvalue weighted by Gasteiger charge is 1.94. The number of rotatable bonds is 16. The molecule has 0 aromatic heterocycles. The van der Waals surface area contributed by atoms with E-state index < -0.39 is 0 Å². The Balaban J connectivity index is 0. The van der Waals surface area contributed by atoms with Crippen molar-refractivity contribution >= 4 is 10.2 Å².